The maximum Gasteiger partial charge on any atom is 0.276 e. The van der Waals surface area contributed by atoms with Crippen molar-refractivity contribution >= 4 is 5.91 Å². The van der Waals surface area contributed by atoms with E-state index in [9.17, 15) is 4.79 Å². The summed E-state index contributed by atoms with van der Waals surface area (Å²) in [7, 11) is 0. The van der Waals surface area contributed by atoms with E-state index in [-0.39, 0.29) is 11.9 Å². The van der Waals surface area contributed by atoms with Gasteiger partial charge in [-0.05, 0) is 38.2 Å². The lowest BCUT2D eigenvalue weighted by molar-refractivity contribution is 0.0662. The topological polar surface area (TPSA) is 64.2 Å². The lowest BCUT2D eigenvalue weighted by Gasteiger charge is -2.32. The van der Waals surface area contributed by atoms with Crippen LogP contribution in [-0.4, -0.2) is 38.8 Å². The molecule has 0 unspecified atom stereocenters. The van der Waals surface area contributed by atoms with E-state index >= 15 is 0 Å². The van der Waals surface area contributed by atoms with Crippen molar-refractivity contribution in [2.75, 3.05) is 13.1 Å². The van der Waals surface area contributed by atoms with Crippen LogP contribution >= 0.6 is 0 Å². The number of piperidine rings is 1. The van der Waals surface area contributed by atoms with Crippen molar-refractivity contribution in [1.82, 2.24) is 19.8 Å². The summed E-state index contributed by atoms with van der Waals surface area (Å²) in [6, 6.07) is 2.07. The van der Waals surface area contributed by atoms with Gasteiger partial charge in [0.05, 0.1) is 12.2 Å². The molecule has 3 heterocycles. The zero-order valence-electron chi connectivity index (χ0n) is 12.7. The molecule has 0 spiro atoms. The minimum absolute atomic E-state index is 0.0239. The second-order valence-electron chi connectivity index (χ2n) is 6.43. The lowest BCUT2D eigenvalue weighted by Crippen LogP contribution is -2.41. The van der Waals surface area contributed by atoms with E-state index in [0.717, 1.165) is 43.6 Å². The third-order valence-corrected chi connectivity index (χ3v) is 4.52. The number of aromatic nitrogens is 3. The molecule has 1 saturated heterocycles. The third kappa shape index (κ3) is 2.53. The second-order valence-corrected chi connectivity index (χ2v) is 6.43. The van der Waals surface area contributed by atoms with E-state index in [1.807, 2.05) is 35.0 Å². The Morgan fingerprint density at radius 1 is 1.36 bits per heavy atom. The molecule has 0 bridgehead atoms. The van der Waals surface area contributed by atoms with Gasteiger partial charge in [-0.1, -0.05) is 5.16 Å². The molecule has 6 heteroatoms. The Labute approximate surface area is 129 Å². The quantitative estimate of drug-likeness (QED) is 0.873. The van der Waals surface area contributed by atoms with Crippen molar-refractivity contribution in [3.05, 3.63) is 35.5 Å². The molecule has 1 atom stereocenters. The average Bonchev–Trinajstić information content (AvgIpc) is 3.10. The molecule has 2 aliphatic rings. The second kappa shape index (κ2) is 5.26. The van der Waals surface area contributed by atoms with Crippen LogP contribution in [0.4, 0.5) is 0 Å². The van der Waals surface area contributed by atoms with Gasteiger partial charge in [0, 0.05) is 31.3 Å². The number of hydrogen-bond donors (Lipinski definition) is 0. The number of amides is 1. The van der Waals surface area contributed by atoms with Crippen molar-refractivity contribution < 1.29 is 9.32 Å². The molecule has 1 aliphatic carbocycles. The number of likely N-dealkylation sites (tertiary alicyclic amines) is 1. The molecule has 22 heavy (non-hydrogen) atoms. The average molecular weight is 300 g/mol. The van der Waals surface area contributed by atoms with Crippen molar-refractivity contribution in [3.63, 3.8) is 0 Å². The van der Waals surface area contributed by atoms with Crippen molar-refractivity contribution in [1.29, 1.82) is 0 Å². The summed E-state index contributed by atoms with van der Waals surface area (Å²) in [5.41, 5.74) is 1.59. The van der Waals surface area contributed by atoms with Crippen LogP contribution < -0.4 is 0 Å². The number of hydrogen-bond acceptors (Lipinski definition) is 4. The van der Waals surface area contributed by atoms with Crippen LogP contribution in [0.1, 0.15) is 59.5 Å². The Morgan fingerprint density at radius 3 is 2.95 bits per heavy atom. The van der Waals surface area contributed by atoms with Gasteiger partial charge >= 0.3 is 0 Å². The summed E-state index contributed by atoms with van der Waals surface area (Å²) in [6.45, 7) is 3.50. The van der Waals surface area contributed by atoms with Crippen molar-refractivity contribution in [2.45, 2.75) is 44.6 Å². The molecule has 0 radical (unpaired) electrons. The van der Waals surface area contributed by atoms with Crippen LogP contribution in [0.15, 0.2) is 23.0 Å². The zero-order valence-corrected chi connectivity index (χ0v) is 12.7. The van der Waals surface area contributed by atoms with Crippen LogP contribution in [0.25, 0.3) is 0 Å². The summed E-state index contributed by atoms with van der Waals surface area (Å²) in [5, 5.41) is 8.35. The molecule has 1 saturated carbocycles. The summed E-state index contributed by atoms with van der Waals surface area (Å²) >= 11 is 0. The third-order valence-electron chi connectivity index (χ3n) is 4.52. The summed E-state index contributed by atoms with van der Waals surface area (Å²) in [4.78, 5) is 14.5. The van der Waals surface area contributed by atoms with Gasteiger partial charge in [-0.3, -0.25) is 9.48 Å². The highest BCUT2D eigenvalue weighted by Crippen LogP contribution is 2.40. The van der Waals surface area contributed by atoms with E-state index in [1.54, 1.807) is 0 Å². The minimum Gasteiger partial charge on any atom is -0.360 e. The number of aryl methyl sites for hydroxylation is 1. The van der Waals surface area contributed by atoms with Gasteiger partial charge < -0.3 is 9.42 Å². The largest absolute Gasteiger partial charge is 0.360 e. The van der Waals surface area contributed by atoms with E-state index in [2.05, 4.69) is 10.3 Å². The predicted molar refractivity (Wildman–Crippen MR) is 79.6 cm³/mol. The number of carbonyl (C=O) groups is 1. The highest BCUT2D eigenvalue weighted by molar-refractivity contribution is 5.92. The van der Waals surface area contributed by atoms with E-state index < -0.39 is 0 Å². The molecule has 4 rings (SSSR count). The maximum atomic E-state index is 12.6. The molecule has 6 nitrogen and oxygen atoms in total. The SMILES string of the molecule is Cc1cnn([C@H]2CCCN(C(=O)c3cc(C4CC4)on3)C2)c1. The van der Waals surface area contributed by atoms with Gasteiger partial charge in [-0.15, -0.1) is 0 Å². The van der Waals surface area contributed by atoms with Crippen LogP contribution in [0, 0.1) is 6.92 Å². The summed E-state index contributed by atoms with van der Waals surface area (Å²) in [5.74, 6) is 1.32. The molecule has 1 aliphatic heterocycles. The van der Waals surface area contributed by atoms with Crippen LogP contribution in [0.3, 0.4) is 0 Å². The van der Waals surface area contributed by atoms with Crippen molar-refractivity contribution in [2.24, 2.45) is 0 Å². The van der Waals surface area contributed by atoms with E-state index in [4.69, 9.17) is 4.52 Å². The molecule has 0 N–H and O–H groups in total. The first-order chi connectivity index (χ1) is 10.7. The first-order valence-electron chi connectivity index (χ1n) is 7.97. The highest BCUT2D eigenvalue weighted by atomic mass is 16.5. The summed E-state index contributed by atoms with van der Waals surface area (Å²) in [6.07, 6.45) is 8.24. The number of rotatable bonds is 3. The molecular formula is C16H20N4O2. The molecular weight excluding hydrogens is 280 g/mol. The summed E-state index contributed by atoms with van der Waals surface area (Å²) < 4.78 is 7.28. The Hall–Kier alpha value is -2.11. The van der Waals surface area contributed by atoms with Gasteiger partial charge in [-0.2, -0.15) is 5.10 Å². The number of carbonyl (C=O) groups excluding carboxylic acids is 1. The first-order valence-corrected chi connectivity index (χ1v) is 7.97. The fourth-order valence-electron chi connectivity index (χ4n) is 3.10. The highest BCUT2D eigenvalue weighted by Gasteiger charge is 2.31. The van der Waals surface area contributed by atoms with Gasteiger partial charge in [0.15, 0.2) is 5.69 Å². The van der Waals surface area contributed by atoms with Crippen LogP contribution in [0.2, 0.25) is 0 Å². The monoisotopic (exact) mass is 300 g/mol. The Kier molecular flexibility index (Phi) is 3.24. The molecule has 116 valence electrons. The van der Waals surface area contributed by atoms with E-state index in [1.165, 1.54) is 0 Å². The maximum absolute atomic E-state index is 12.6. The Balaban J connectivity index is 1.47. The van der Waals surface area contributed by atoms with Crippen LogP contribution in [-0.2, 0) is 0 Å². The van der Waals surface area contributed by atoms with Gasteiger partial charge in [0.1, 0.15) is 5.76 Å². The first kappa shape index (κ1) is 13.5. The standard InChI is InChI=1S/C16H20N4O2/c1-11-8-17-20(9-11)13-3-2-6-19(10-13)16(21)14-7-15(22-18-14)12-4-5-12/h7-9,12-13H,2-6,10H2,1H3/t13-/m0/s1. The van der Waals surface area contributed by atoms with Crippen LogP contribution in [0.5, 0.6) is 0 Å². The Morgan fingerprint density at radius 2 is 2.23 bits per heavy atom. The van der Waals surface area contributed by atoms with Gasteiger partial charge in [0.25, 0.3) is 5.91 Å². The van der Waals surface area contributed by atoms with E-state index in [0.29, 0.717) is 18.2 Å². The smallest absolute Gasteiger partial charge is 0.276 e. The fraction of sp³-hybridized carbons (Fsp3) is 0.562. The molecule has 2 aromatic heterocycles. The normalized spacial score (nSPS) is 22.0. The zero-order chi connectivity index (χ0) is 15.1. The molecule has 2 fully saturated rings. The fourth-order valence-corrected chi connectivity index (χ4v) is 3.10. The molecule has 0 aromatic carbocycles. The van der Waals surface area contributed by atoms with Crippen molar-refractivity contribution in [3.8, 4) is 0 Å². The lowest BCUT2D eigenvalue weighted by atomic mass is 10.1. The van der Waals surface area contributed by atoms with Gasteiger partial charge in [-0.25, -0.2) is 0 Å². The number of nitrogens with zero attached hydrogens (tertiary/aromatic N) is 4. The predicted octanol–water partition coefficient (Wildman–Crippen LogP) is 2.53. The molecule has 2 aromatic rings. The Bertz CT molecular complexity index is 686. The van der Waals surface area contributed by atoms with Gasteiger partial charge in [0.2, 0.25) is 0 Å². The molecule has 1 amide bonds. The minimum atomic E-state index is -0.0239.